The van der Waals surface area contributed by atoms with Crippen molar-refractivity contribution in [2.45, 2.75) is 39.3 Å². The molecule has 1 aliphatic heterocycles. The molecule has 19 heavy (non-hydrogen) atoms. The second-order valence-corrected chi connectivity index (χ2v) is 5.35. The first kappa shape index (κ1) is 14.1. The van der Waals surface area contributed by atoms with Crippen LogP contribution in [0.4, 0.5) is 0 Å². The minimum absolute atomic E-state index is 0.0648. The van der Waals surface area contributed by atoms with Crippen molar-refractivity contribution in [2.75, 3.05) is 13.2 Å². The summed E-state index contributed by atoms with van der Waals surface area (Å²) in [6.07, 6.45) is 2.06. The monoisotopic (exact) mass is 261 g/mol. The molecule has 3 nitrogen and oxygen atoms in total. The Hall–Kier alpha value is -1.35. The van der Waals surface area contributed by atoms with Crippen molar-refractivity contribution < 1.29 is 9.53 Å². The smallest absolute Gasteiger partial charge is 0.323 e. The highest BCUT2D eigenvalue weighted by Crippen LogP contribution is 2.25. The van der Waals surface area contributed by atoms with Crippen LogP contribution in [0.25, 0.3) is 0 Å². The molecule has 0 spiro atoms. The molecule has 1 fully saturated rings. The van der Waals surface area contributed by atoms with E-state index in [0.29, 0.717) is 12.5 Å². The van der Waals surface area contributed by atoms with Crippen molar-refractivity contribution >= 4 is 5.97 Å². The number of hydrogen-bond acceptors (Lipinski definition) is 3. The van der Waals surface area contributed by atoms with Crippen molar-refractivity contribution in [1.29, 1.82) is 0 Å². The van der Waals surface area contributed by atoms with E-state index >= 15 is 0 Å². The lowest BCUT2D eigenvalue weighted by Crippen LogP contribution is -2.47. The molecule has 0 N–H and O–H groups in total. The molecule has 3 heteroatoms. The summed E-state index contributed by atoms with van der Waals surface area (Å²) >= 11 is 0. The van der Waals surface area contributed by atoms with Crippen LogP contribution in [0.2, 0.25) is 0 Å². The fourth-order valence-electron chi connectivity index (χ4n) is 2.68. The van der Waals surface area contributed by atoms with Gasteiger partial charge in [-0.05, 0) is 37.8 Å². The number of hydrogen-bond donors (Lipinski definition) is 0. The van der Waals surface area contributed by atoms with E-state index in [1.807, 2.05) is 25.1 Å². The Morgan fingerprint density at radius 3 is 2.79 bits per heavy atom. The topological polar surface area (TPSA) is 29.5 Å². The van der Waals surface area contributed by atoms with E-state index in [-0.39, 0.29) is 12.0 Å². The Morgan fingerprint density at radius 1 is 1.37 bits per heavy atom. The molecule has 1 aromatic carbocycles. The number of rotatable bonds is 4. The number of ether oxygens (including phenoxy) is 1. The van der Waals surface area contributed by atoms with E-state index in [1.54, 1.807) is 0 Å². The lowest BCUT2D eigenvalue weighted by Gasteiger charge is -2.36. The van der Waals surface area contributed by atoms with E-state index in [1.165, 1.54) is 5.56 Å². The highest BCUT2D eigenvalue weighted by Gasteiger charge is 2.32. The lowest BCUT2D eigenvalue weighted by atomic mass is 9.92. The average Bonchev–Trinajstić information content (AvgIpc) is 2.42. The van der Waals surface area contributed by atoms with Crippen molar-refractivity contribution in [3.8, 4) is 0 Å². The number of benzene rings is 1. The molecule has 2 unspecified atom stereocenters. The first-order valence-corrected chi connectivity index (χ1v) is 7.15. The third kappa shape index (κ3) is 3.80. The van der Waals surface area contributed by atoms with Crippen LogP contribution in [0.1, 0.15) is 32.3 Å². The molecule has 104 valence electrons. The average molecular weight is 261 g/mol. The number of carbonyl (C=O) groups excluding carboxylic acids is 1. The molecule has 1 aromatic rings. The van der Waals surface area contributed by atoms with Crippen LogP contribution in [0.15, 0.2) is 30.3 Å². The van der Waals surface area contributed by atoms with Crippen LogP contribution >= 0.6 is 0 Å². The van der Waals surface area contributed by atoms with Gasteiger partial charge in [0.05, 0.1) is 6.61 Å². The zero-order valence-electron chi connectivity index (χ0n) is 11.8. The second kappa shape index (κ2) is 6.71. The summed E-state index contributed by atoms with van der Waals surface area (Å²) in [5, 5.41) is 0. The maximum atomic E-state index is 12.1. The standard InChI is InChI=1S/C16H23NO2/c1-3-19-16(18)15-11-13(2)9-10-17(15)12-14-7-5-4-6-8-14/h4-8,13,15H,3,9-12H2,1-2H3. The Bertz CT molecular complexity index is 404. The van der Waals surface area contributed by atoms with Gasteiger partial charge in [0.15, 0.2) is 0 Å². The summed E-state index contributed by atoms with van der Waals surface area (Å²) < 4.78 is 5.22. The molecule has 1 aliphatic rings. The predicted octanol–water partition coefficient (Wildman–Crippen LogP) is 2.85. The van der Waals surface area contributed by atoms with E-state index in [4.69, 9.17) is 4.74 Å². The summed E-state index contributed by atoms with van der Waals surface area (Å²) in [4.78, 5) is 14.3. The van der Waals surface area contributed by atoms with Crippen LogP contribution in [0.5, 0.6) is 0 Å². The number of esters is 1. The third-order valence-corrected chi connectivity index (χ3v) is 3.76. The molecule has 0 aliphatic carbocycles. The Kier molecular flexibility index (Phi) is 4.97. The SMILES string of the molecule is CCOC(=O)C1CC(C)CCN1Cc1ccccc1. The van der Waals surface area contributed by atoms with Gasteiger partial charge in [0.2, 0.25) is 0 Å². The van der Waals surface area contributed by atoms with Gasteiger partial charge in [-0.1, -0.05) is 37.3 Å². The molecule has 0 amide bonds. The minimum Gasteiger partial charge on any atom is -0.465 e. The highest BCUT2D eigenvalue weighted by molar-refractivity contribution is 5.75. The normalized spacial score (nSPS) is 24.1. The van der Waals surface area contributed by atoms with E-state index < -0.39 is 0 Å². The summed E-state index contributed by atoms with van der Waals surface area (Å²) in [6, 6.07) is 10.2. The fourth-order valence-corrected chi connectivity index (χ4v) is 2.68. The van der Waals surface area contributed by atoms with Crippen molar-refractivity contribution in [3.63, 3.8) is 0 Å². The Morgan fingerprint density at radius 2 is 2.11 bits per heavy atom. The van der Waals surface area contributed by atoms with Crippen LogP contribution in [0, 0.1) is 5.92 Å². The summed E-state index contributed by atoms with van der Waals surface area (Å²) in [5.41, 5.74) is 1.26. The maximum absolute atomic E-state index is 12.1. The Balaban J connectivity index is 2.05. The number of carbonyl (C=O) groups is 1. The van der Waals surface area contributed by atoms with Crippen molar-refractivity contribution in [1.82, 2.24) is 4.90 Å². The minimum atomic E-state index is -0.0797. The summed E-state index contributed by atoms with van der Waals surface area (Å²) in [5.74, 6) is 0.534. The van der Waals surface area contributed by atoms with Crippen LogP contribution in [-0.2, 0) is 16.1 Å². The van der Waals surface area contributed by atoms with Crippen molar-refractivity contribution in [3.05, 3.63) is 35.9 Å². The molecule has 1 heterocycles. The van der Waals surface area contributed by atoms with Gasteiger partial charge < -0.3 is 4.74 Å². The van der Waals surface area contributed by atoms with Gasteiger partial charge in [0.1, 0.15) is 6.04 Å². The number of likely N-dealkylation sites (tertiary alicyclic amines) is 1. The van der Waals surface area contributed by atoms with Gasteiger partial charge in [-0.3, -0.25) is 9.69 Å². The molecular formula is C16H23NO2. The number of nitrogens with zero attached hydrogens (tertiary/aromatic N) is 1. The van der Waals surface area contributed by atoms with Gasteiger partial charge in [0.25, 0.3) is 0 Å². The molecule has 2 atom stereocenters. The van der Waals surface area contributed by atoms with E-state index in [9.17, 15) is 4.79 Å². The molecule has 0 bridgehead atoms. The van der Waals surface area contributed by atoms with Gasteiger partial charge >= 0.3 is 5.97 Å². The molecule has 0 saturated carbocycles. The van der Waals surface area contributed by atoms with Crippen LogP contribution < -0.4 is 0 Å². The summed E-state index contributed by atoms with van der Waals surface area (Å²) in [7, 11) is 0. The maximum Gasteiger partial charge on any atom is 0.323 e. The second-order valence-electron chi connectivity index (χ2n) is 5.35. The molecule has 1 saturated heterocycles. The third-order valence-electron chi connectivity index (χ3n) is 3.76. The van der Waals surface area contributed by atoms with Crippen LogP contribution in [-0.4, -0.2) is 30.1 Å². The van der Waals surface area contributed by atoms with E-state index in [2.05, 4.69) is 24.0 Å². The van der Waals surface area contributed by atoms with Gasteiger partial charge in [-0.2, -0.15) is 0 Å². The zero-order valence-corrected chi connectivity index (χ0v) is 11.8. The largest absolute Gasteiger partial charge is 0.465 e. The van der Waals surface area contributed by atoms with Gasteiger partial charge in [0, 0.05) is 6.54 Å². The Labute approximate surface area is 115 Å². The van der Waals surface area contributed by atoms with Gasteiger partial charge in [-0.15, -0.1) is 0 Å². The first-order chi connectivity index (χ1) is 9.20. The highest BCUT2D eigenvalue weighted by atomic mass is 16.5. The van der Waals surface area contributed by atoms with Crippen LogP contribution in [0.3, 0.4) is 0 Å². The quantitative estimate of drug-likeness (QED) is 0.781. The molecule has 0 radical (unpaired) electrons. The van der Waals surface area contributed by atoms with Gasteiger partial charge in [-0.25, -0.2) is 0 Å². The number of piperidine rings is 1. The predicted molar refractivity (Wildman–Crippen MR) is 75.7 cm³/mol. The fraction of sp³-hybridized carbons (Fsp3) is 0.562. The van der Waals surface area contributed by atoms with E-state index in [0.717, 1.165) is 25.9 Å². The lowest BCUT2D eigenvalue weighted by molar-refractivity contribution is -0.152. The first-order valence-electron chi connectivity index (χ1n) is 7.15. The molecular weight excluding hydrogens is 238 g/mol. The zero-order chi connectivity index (χ0) is 13.7. The summed E-state index contributed by atoms with van der Waals surface area (Å²) in [6.45, 7) is 6.34. The van der Waals surface area contributed by atoms with Crippen molar-refractivity contribution in [2.24, 2.45) is 5.92 Å². The molecule has 2 rings (SSSR count). The molecule has 0 aromatic heterocycles.